The van der Waals surface area contributed by atoms with Crippen LogP contribution in [0.5, 0.6) is 0 Å². The van der Waals surface area contributed by atoms with Crippen molar-refractivity contribution in [3.63, 3.8) is 0 Å². The van der Waals surface area contributed by atoms with E-state index < -0.39 is 102 Å². The average Bonchev–Trinajstić information content (AvgIpc) is 3.75. The van der Waals surface area contributed by atoms with E-state index >= 15 is 0 Å². The van der Waals surface area contributed by atoms with Gasteiger partial charge >= 0.3 is 0 Å². The first-order valence-corrected chi connectivity index (χ1v) is 26.4. The lowest BCUT2D eigenvalue weighted by molar-refractivity contribution is -0.142. The lowest BCUT2D eigenvalue weighted by Crippen LogP contribution is -2.61. The monoisotopic (exact) mass is 1040 g/mol. The molecule has 2 aromatic rings. The Morgan fingerprint density at radius 3 is 2.20 bits per heavy atom. The van der Waals surface area contributed by atoms with Crippen molar-refractivity contribution in [3.8, 4) is 0 Å². The van der Waals surface area contributed by atoms with Gasteiger partial charge in [-0.15, -0.1) is 11.3 Å². The van der Waals surface area contributed by atoms with E-state index in [9.17, 15) is 43.2 Å². The molecule has 2 saturated heterocycles. The maximum Gasteiger partial charge on any atom is 0.246 e. The minimum absolute atomic E-state index is 0.0289. The molecular formula is C47H67ClN12O9S2. The number of halogens is 1. The number of thioether (sulfide) groups is 1. The molecule has 0 radical (unpaired) electrons. The van der Waals surface area contributed by atoms with E-state index in [4.69, 9.17) is 28.5 Å². The number of guanidine groups is 1. The molecule has 1 aromatic carbocycles. The molecular weight excluding hydrogens is 976 g/mol. The third-order valence-corrected chi connectivity index (χ3v) is 14.5. The summed E-state index contributed by atoms with van der Waals surface area (Å²) in [7, 11) is 0. The van der Waals surface area contributed by atoms with Crippen LogP contribution in [-0.2, 0) is 56.0 Å². The van der Waals surface area contributed by atoms with Gasteiger partial charge < -0.3 is 58.9 Å². The summed E-state index contributed by atoms with van der Waals surface area (Å²) in [6.07, 6.45) is 2.98. The van der Waals surface area contributed by atoms with Crippen molar-refractivity contribution < 1.29 is 43.2 Å². The zero-order valence-corrected chi connectivity index (χ0v) is 42.4. The largest absolute Gasteiger partial charge is 0.370 e. The molecule has 24 heteroatoms. The van der Waals surface area contributed by atoms with Crippen molar-refractivity contribution in [1.29, 1.82) is 5.41 Å². The lowest BCUT2D eigenvalue weighted by atomic mass is 10.0. The summed E-state index contributed by atoms with van der Waals surface area (Å²) < 4.78 is 0. The van der Waals surface area contributed by atoms with Gasteiger partial charge in [0, 0.05) is 54.5 Å². The molecule has 3 fully saturated rings. The maximum absolute atomic E-state index is 14.6. The highest BCUT2D eigenvalue weighted by Crippen LogP contribution is 2.28. The summed E-state index contributed by atoms with van der Waals surface area (Å²) in [4.78, 5) is 127. The van der Waals surface area contributed by atoms with Gasteiger partial charge in [-0.1, -0.05) is 43.6 Å². The Bertz CT molecular complexity index is 2220. The van der Waals surface area contributed by atoms with Crippen LogP contribution in [0.15, 0.2) is 41.8 Å². The summed E-state index contributed by atoms with van der Waals surface area (Å²) in [6.45, 7) is 4.21. The van der Waals surface area contributed by atoms with Crippen molar-refractivity contribution in [3.05, 3.63) is 57.2 Å². The number of benzene rings is 1. The maximum atomic E-state index is 14.6. The SMILES string of the molecule is CC(C)[C@@H]1NC(=O)[C@H](Cc2cccs2)NC(=O)[C@H](Cc2ccc(Cl)cc2)NC(=O)CCCSC[C@@H](C(=O)N2CCC[C@H]2C(=O)N[C@H](CCCNC(=N)N)C(=O)NCC2CC2)NC(=O)[C@H](CC(N)=O)NC1=O. The number of nitrogens with two attached hydrogens (primary N) is 2. The zero-order valence-electron chi connectivity index (χ0n) is 40.0. The molecule has 71 heavy (non-hydrogen) atoms. The molecule has 1 aliphatic carbocycles. The minimum Gasteiger partial charge on any atom is -0.370 e. The van der Waals surface area contributed by atoms with Gasteiger partial charge in [0.2, 0.25) is 53.2 Å². The van der Waals surface area contributed by atoms with E-state index in [0.29, 0.717) is 41.6 Å². The second-order valence-electron chi connectivity index (χ2n) is 18.4. The molecule has 3 aliphatic rings. The predicted octanol–water partition coefficient (Wildman–Crippen LogP) is -0.0656. The van der Waals surface area contributed by atoms with E-state index in [1.54, 1.807) is 50.2 Å². The highest BCUT2D eigenvalue weighted by Gasteiger charge is 2.41. The number of amides is 9. The molecule has 2 aliphatic heterocycles. The summed E-state index contributed by atoms with van der Waals surface area (Å²) in [5, 5.41) is 31.7. The lowest BCUT2D eigenvalue weighted by Gasteiger charge is -2.31. The molecule has 0 bridgehead atoms. The number of carbonyl (C=O) groups excluding carboxylic acids is 9. The molecule has 5 rings (SSSR count). The second kappa shape index (κ2) is 27.6. The smallest absolute Gasteiger partial charge is 0.246 e. The van der Waals surface area contributed by atoms with Gasteiger partial charge in [0.1, 0.15) is 42.3 Å². The van der Waals surface area contributed by atoms with Gasteiger partial charge in [0.15, 0.2) is 5.96 Å². The van der Waals surface area contributed by atoms with Gasteiger partial charge in [-0.25, -0.2) is 0 Å². The van der Waals surface area contributed by atoms with E-state index in [-0.39, 0.29) is 69.2 Å². The molecule has 1 aromatic heterocycles. The zero-order chi connectivity index (χ0) is 51.6. The van der Waals surface area contributed by atoms with Crippen LogP contribution in [0.2, 0.25) is 5.02 Å². The number of thiophene rings is 1. The van der Waals surface area contributed by atoms with Gasteiger partial charge in [-0.2, -0.15) is 11.8 Å². The van der Waals surface area contributed by atoms with Crippen LogP contribution in [-0.4, -0.2) is 137 Å². The van der Waals surface area contributed by atoms with Crippen LogP contribution >= 0.6 is 34.7 Å². The fraction of sp³-hybridized carbons (Fsp3) is 0.574. The van der Waals surface area contributed by atoms with E-state index in [1.807, 2.05) is 5.38 Å². The van der Waals surface area contributed by atoms with Gasteiger partial charge in [0.05, 0.1) is 6.42 Å². The van der Waals surface area contributed by atoms with Gasteiger partial charge in [-0.05, 0) is 91.7 Å². The number of nitrogens with zero attached hydrogens (tertiary/aromatic N) is 1. The van der Waals surface area contributed by atoms with Crippen molar-refractivity contribution >= 4 is 93.8 Å². The summed E-state index contributed by atoms with van der Waals surface area (Å²) >= 11 is 8.72. The third-order valence-electron chi connectivity index (χ3n) is 12.2. The number of likely N-dealkylation sites (tertiary alicyclic amines) is 1. The van der Waals surface area contributed by atoms with Gasteiger partial charge in [-0.3, -0.25) is 48.6 Å². The van der Waals surface area contributed by atoms with Crippen molar-refractivity contribution in [2.24, 2.45) is 23.3 Å². The fourth-order valence-electron chi connectivity index (χ4n) is 8.15. The Morgan fingerprint density at radius 2 is 1.54 bits per heavy atom. The first-order chi connectivity index (χ1) is 33.9. The molecule has 0 spiro atoms. The molecule has 0 unspecified atom stereocenters. The number of rotatable bonds is 17. The Balaban J connectivity index is 1.40. The number of hydrogen-bond acceptors (Lipinski definition) is 12. The number of primary amides is 1. The number of carbonyl (C=O) groups is 9. The molecule has 3 heterocycles. The highest BCUT2D eigenvalue weighted by molar-refractivity contribution is 7.99. The van der Waals surface area contributed by atoms with E-state index in [2.05, 4.69) is 42.5 Å². The standard InChI is InChI=1S/C47H67ClN12O9S2/c1-26(2)39-45(68)57-34(23-37(49)61)42(65)58-35(46(69)60-18-4-9-36(60)44(67)55-31(8-3-17-52-47(50)51)40(63)53-24-28-11-12-28)25-70-19-6-10-38(62)54-32(21-27-13-15-29(48)16-14-27)41(64)56-33(43(66)59-39)22-30-7-5-20-71-30/h5,7,13-16,20,26,28,31-36,39H,3-4,6,8-12,17-19,21-25H2,1-2H3,(H2,49,61)(H,53,63)(H,54,62)(H,55,67)(H,56,64)(H,57,68)(H,58,65)(H,59,66)(H4,50,51,52)/t31-,32+,33+,34+,35+,36+,39+/m1/s1. The van der Waals surface area contributed by atoms with Crippen LogP contribution in [0.3, 0.4) is 0 Å². The summed E-state index contributed by atoms with van der Waals surface area (Å²) in [5.74, 6) is -6.33. The topological polar surface area (TPSA) is 329 Å². The second-order valence-corrected chi connectivity index (χ2v) is 21.0. The van der Waals surface area contributed by atoms with Crippen LogP contribution < -0.4 is 54.0 Å². The molecule has 21 nitrogen and oxygen atoms in total. The highest BCUT2D eigenvalue weighted by atomic mass is 35.5. The summed E-state index contributed by atoms with van der Waals surface area (Å²) in [5.41, 5.74) is 11.7. The molecule has 7 atom stereocenters. The minimum atomic E-state index is -1.60. The van der Waals surface area contributed by atoms with Crippen LogP contribution in [0.25, 0.3) is 0 Å². The third kappa shape index (κ3) is 18.3. The normalized spacial score (nSPS) is 23.5. The van der Waals surface area contributed by atoms with Crippen molar-refractivity contribution in [2.75, 3.05) is 31.1 Å². The van der Waals surface area contributed by atoms with Crippen LogP contribution in [0.4, 0.5) is 0 Å². The first-order valence-electron chi connectivity index (χ1n) is 24.0. The Morgan fingerprint density at radius 1 is 0.845 bits per heavy atom. The summed E-state index contributed by atoms with van der Waals surface area (Å²) in [6, 6.07) is 1.81. The average molecular weight is 1040 g/mol. The van der Waals surface area contributed by atoms with Crippen LogP contribution in [0, 0.1) is 17.2 Å². The molecule has 1 saturated carbocycles. The Labute approximate surface area is 426 Å². The fourth-order valence-corrected chi connectivity index (χ4v) is 10.0. The van der Waals surface area contributed by atoms with Crippen molar-refractivity contribution in [2.45, 2.75) is 127 Å². The quantitative estimate of drug-likeness (QED) is 0.0564. The Hall–Kier alpha value is -5.94. The molecule has 9 amide bonds. The van der Waals surface area contributed by atoms with Gasteiger partial charge in [0.25, 0.3) is 0 Å². The van der Waals surface area contributed by atoms with E-state index in [0.717, 1.165) is 17.7 Å². The van der Waals surface area contributed by atoms with Crippen LogP contribution in [0.1, 0.15) is 82.1 Å². The Kier molecular flexibility index (Phi) is 21.8. The first kappa shape index (κ1) is 56.0. The molecule has 388 valence electrons. The molecule has 13 N–H and O–H groups in total. The van der Waals surface area contributed by atoms with Crippen molar-refractivity contribution in [1.82, 2.24) is 47.4 Å². The van der Waals surface area contributed by atoms with E-state index in [1.165, 1.54) is 28.0 Å². The number of hydrogen-bond donors (Lipinski definition) is 11. The predicted molar refractivity (Wildman–Crippen MR) is 270 cm³/mol. The number of nitrogens with one attached hydrogen (secondary N) is 9.